The number of halogens is 1. The number of amides is 1. The summed E-state index contributed by atoms with van der Waals surface area (Å²) in [6.07, 6.45) is 0.490. The summed E-state index contributed by atoms with van der Waals surface area (Å²) in [5.74, 6) is 0.677. The highest BCUT2D eigenvalue weighted by Gasteiger charge is 2.30. The number of aromatic nitrogens is 1. The molecule has 1 aliphatic rings. The highest BCUT2D eigenvalue weighted by molar-refractivity contribution is 5.94. The number of carbonyl (C=O) groups is 1. The van der Waals surface area contributed by atoms with Crippen LogP contribution >= 0.6 is 0 Å². The van der Waals surface area contributed by atoms with Crippen LogP contribution in [-0.4, -0.2) is 41.7 Å². The molecule has 1 amide bonds. The zero-order valence-corrected chi connectivity index (χ0v) is 14.4. The molecule has 0 radical (unpaired) electrons. The lowest BCUT2D eigenvalue weighted by Crippen LogP contribution is -2.49. The van der Waals surface area contributed by atoms with Gasteiger partial charge in [0, 0.05) is 19.2 Å². The zero-order valence-electron chi connectivity index (χ0n) is 14.4. The van der Waals surface area contributed by atoms with E-state index in [1.165, 1.54) is 12.1 Å². The van der Waals surface area contributed by atoms with Gasteiger partial charge in [0.25, 0.3) is 0 Å². The first-order chi connectivity index (χ1) is 12.1. The first kappa shape index (κ1) is 17.6. The van der Waals surface area contributed by atoms with E-state index in [0.717, 1.165) is 5.56 Å². The van der Waals surface area contributed by atoms with Gasteiger partial charge in [-0.3, -0.25) is 9.69 Å². The minimum atomic E-state index is -0.288. The van der Waals surface area contributed by atoms with Crippen molar-refractivity contribution in [3.63, 3.8) is 0 Å². The predicted molar refractivity (Wildman–Crippen MR) is 90.6 cm³/mol. The monoisotopic (exact) mass is 347 g/mol. The van der Waals surface area contributed by atoms with Crippen LogP contribution in [0.4, 0.5) is 10.2 Å². The van der Waals surface area contributed by atoms with Crippen LogP contribution in [0, 0.1) is 12.7 Å². The molecule has 25 heavy (non-hydrogen) atoms. The van der Waals surface area contributed by atoms with Gasteiger partial charge in [-0.25, -0.2) is 4.39 Å². The van der Waals surface area contributed by atoms with Gasteiger partial charge in [-0.2, -0.15) is 0 Å². The largest absolute Gasteiger partial charge is 0.371 e. The average Bonchev–Trinajstić information content (AvgIpc) is 3.01. The van der Waals surface area contributed by atoms with Gasteiger partial charge in [-0.1, -0.05) is 24.2 Å². The van der Waals surface area contributed by atoms with Crippen LogP contribution in [0.2, 0.25) is 0 Å². The molecule has 0 unspecified atom stereocenters. The molecule has 1 saturated heterocycles. The molecule has 1 fully saturated rings. The first-order valence-electron chi connectivity index (χ1n) is 8.42. The molecule has 0 spiro atoms. The van der Waals surface area contributed by atoms with Crippen LogP contribution in [0.3, 0.4) is 0 Å². The van der Waals surface area contributed by atoms with Crippen LogP contribution in [-0.2, 0) is 9.53 Å². The number of nitrogens with one attached hydrogen (secondary N) is 1. The number of aryl methyl sites for hydroxylation is 1. The topological polar surface area (TPSA) is 67.6 Å². The Bertz CT molecular complexity index is 717. The number of nitrogens with zero attached hydrogens (tertiary/aromatic N) is 2. The van der Waals surface area contributed by atoms with E-state index in [4.69, 9.17) is 9.26 Å². The van der Waals surface area contributed by atoms with Crippen molar-refractivity contribution in [2.45, 2.75) is 32.4 Å². The summed E-state index contributed by atoms with van der Waals surface area (Å²) < 4.78 is 23.9. The third-order valence-electron chi connectivity index (χ3n) is 4.35. The molecule has 2 aromatic rings. The molecular weight excluding hydrogens is 325 g/mol. The second kappa shape index (κ2) is 7.76. The van der Waals surface area contributed by atoms with Crippen molar-refractivity contribution in [1.82, 2.24) is 10.1 Å². The Morgan fingerprint density at radius 1 is 1.44 bits per heavy atom. The predicted octanol–water partition coefficient (Wildman–Crippen LogP) is 2.91. The second-order valence-electron chi connectivity index (χ2n) is 6.14. The number of ether oxygens (including phenoxy) is 1. The molecule has 1 aliphatic heterocycles. The fourth-order valence-electron chi connectivity index (χ4n) is 3.08. The number of anilines is 1. The van der Waals surface area contributed by atoms with Gasteiger partial charge < -0.3 is 14.6 Å². The summed E-state index contributed by atoms with van der Waals surface area (Å²) in [5.41, 5.74) is 0.911. The third-order valence-corrected chi connectivity index (χ3v) is 4.35. The van der Waals surface area contributed by atoms with Crippen molar-refractivity contribution in [2.75, 3.05) is 25.0 Å². The van der Waals surface area contributed by atoms with E-state index in [-0.39, 0.29) is 23.9 Å². The number of carbonyl (C=O) groups excluding carboxylic acids is 1. The normalized spacial score (nSPS) is 19.6. The number of benzene rings is 1. The van der Waals surface area contributed by atoms with Crippen LogP contribution in [0.5, 0.6) is 0 Å². The summed E-state index contributed by atoms with van der Waals surface area (Å²) in [7, 11) is 0. The number of hydrogen-bond donors (Lipinski definition) is 1. The Hall–Kier alpha value is -2.25. The smallest absolute Gasteiger partial charge is 0.242 e. The Kier molecular flexibility index (Phi) is 5.45. The molecule has 1 aromatic carbocycles. The quantitative estimate of drug-likeness (QED) is 0.901. The van der Waals surface area contributed by atoms with Gasteiger partial charge in [-0.15, -0.1) is 0 Å². The first-order valence-corrected chi connectivity index (χ1v) is 8.42. The maximum Gasteiger partial charge on any atom is 0.242 e. The van der Waals surface area contributed by atoms with Crippen LogP contribution in [0.15, 0.2) is 34.9 Å². The summed E-state index contributed by atoms with van der Waals surface area (Å²) in [5, 5.41) is 6.60. The van der Waals surface area contributed by atoms with Gasteiger partial charge in [0.1, 0.15) is 11.6 Å². The fourth-order valence-corrected chi connectivity index (χ4v) is 3.08. The molecule has 3 rings (SSSR count). The van der Waals surface area contributed by atoms with Gasteiger partial charge >= 0.3 is 0 Å². The molecule has 0 bridgehead atoms. The maximum atomic E-state index is 13.1. The molecule has 1 aromatic heterocycles. The lowest BCUT2D eigenvalue weighted by molar-refractivity contribution is -0.125. The molecule has 134 valence electrons. The van der Waals surface area contributed by atoms with Crippen LogP contribution < -0.4 is 5.32 Å². The van der Waals surface area contributed by atoms with Gasteiger partial charge in [0.2, 0.25) is 5.91 Å². The summed E-state index contributed by atoms with van der Waals surface area (Å²) in [6, 6.07) is 7.70. The summed E-state index contributed by atoms with van der Waals surface area (Å²) in [6.45, 7) is 5.52. The number of morpholine rings is 1. The minimum absolute atomic E-state index is 0.115. The van der Waals surface area contributed by atoms with Gasteiger partial charge in [-0.05, 0) is 31.0 Å². The van der Waals surface area contributed by atoms with Crippen molar-refractivity contribution in [1.29, 1.82) is 0 Å². The highest BCUT2D eigenvalue weighted by Crippen LogP contribution is 2.24. The molecule has 0 aliphatic carbocycles. The molecule has 2 atom stereocenters. The number of hydrogen-bond acceptors (Lipinski definition) is 5. The van der Waals surface area contributed by atoms with E-state index in [9.17, 15) is 9.18 Å². The molecule has 0 saturated carbocycles. The lowest BCUT2D eigenvalue weighted by Gasteiger charge is -2.37. The molecule has 1 N–H and O–H groups in total. The fraction of sp³-hybridized carbons (Fsp3) is 0.444. The summed E-state index contributed by atoms with van der Waals surface area (Å²) in [4.78, 5) is 14.7. The molecule has 7 heteroatoms. The SMILES string of the molecule is CC[C@@H](C(=O)Nc1cc(C)on1)N1CCO[C@H](c2ccc(F)cc2)C1. The van der Waals surface area contributed by atoms with Crippen molar-refractivity contribution in [3.8, 4) is 0 Å². The van der Waals surface area contributed by atoms with Crippen LogP contribution in [0.1, 0.15) is 30.8 Å². The van der Waals surface area contributed by atoms with Crippen LogP contribution in [0.25, 0.3) is 0 Å². The van der Waals surface area contributed by atoms with Crippen molar-refractivity contribution in [3.05, 3.63) is 47.5 Å². The van der Waals surface area contributed by atoms with E-state index in [0.29, 0.717) is 37.7 Å². The van der Waals surface area contributed by atoms with Crippen molar-refractivity contribution in [2.24, 2.45) is 0 Å². The van der Waals surface area contributed by atoms with Gasteiger partial charge in [0.15, 0.2) is 5.82 Å². The Balaban J connectivity index is 1.67. The third kappa shape index (κ3) is 4.24. The lowest BCUT2D eigenvalue weighted by atomic mass is 10.1. The Morgan fingerprint density at radius 2 is 2.20 bits per heavy atom. The minimum Gasteiger partial charge on any atom is -0.371 e. The molecule has 6 nitrogen and oxygen atoms in total. The zero-order chi connectivity index (χ0) is 17.8. The average molecular weight is 347 g/mol. The van der Waals surface area contributed by atoms with E-state index < -0.39 is 0 Å². The summed E-state index contributed by atoms with van der Waals surface area (Å²) >= 11 is 0. The van der Waals surface area contributed by atoms with E-state index in [1.54, 1.807) is 25.1 Å². The number of rotatable bonds is 5. The van der Waals surface area contributed by atoms with Gasteiger partial charge in [0.05, 0.1) is 18.8 Å². The van der Waals surface area contributed by atoms with E-state index in [1.807, 2.05) is 6.92 Å². The highest BCUT2D eigenvalue weighted by atomic mass is 19.1. The Morgan fingerprint density at radius 3 is 2.84 bits per heavy atom. The van der Waals surface area contributed by atoms with Crippen molar-refractivity contribution < 1.29 is 18.4 Å². The van der Waals surface area contributed by atoms with E-state index in [2.05, 4.69) is 15.4 Å². The standard InChI is InChI=1S/C18H22FN3O3/c1-3-15(18(23)20-17-10-12(2)25-21-17)22-8-9-24-16(11-22)13-4-6-14(19)7-5-13/h4-7,10,15-16H,3,8-9,11H2,1-2H3,(H,20,21,23)/t15-,16-/m0/s1. The molecule has 2 heterocycles. The van der Waals surface area contributed by atoms with Crippen molar-refractivity contribution >= 4 is 11.7 Å². The Labute approximate surface area is 145 Å². The maximum absolute atomic E-state index is 13.1. The second-order valence-corrected chi connectivity index (χ2v) is 6.14. The van der Waals surface area contributed by atoms with E-state index >= 15 is 0 Å². The molecular formula is C18H22FN3O3.